The van der Waals surface area contributed by atoms with E-state index in [4.69, 9.17) is 9.47 Å². The molecule has 1 aliphatic carbocycles. The fourth-order valence-electron chi connectivity index (χ4n) is 3.90. The highest BCUT2D eigenvalue weighted by Crippen LogP contribution is 2.47. The minimum absolute atomic E-state index is 0.138. The van der Waals surface area contributed by atoms with Crippen molar-refractivity contribution in [3.05, 3.63) is 23.8 Å². The van der Waals surface area contributed by atoms with E-state index in [1.54, 1.807) is 14.2 Å². The molecule has 1 saturated carbocycles. The van der Waals surface area contributed by atoms with Crippen LogP contribution in [0.15, 0.2) is 18.2 Å². The molecule has 20 heavy (non-hydrogen) atoms. The van der Waals surface area contributed by atoms with Gasteiger partial charge in [-0.25, -0.2) is 0 Å². The van der Waals surface area contributed by atoms with Gasteiger partial charge in [0.1, 0.15) is 0 Å². The summed E-state index contributed by atoms with van der Waals surface area (Å²) in [7, 11) is 3.33. The SMILES string of the molecule is COc1ccc(C23CCNC2CC(O)CC3)cc1OC. The maximum absolute atomic E-state index is 9.92. The number of hydrogen-bond donors (Lipinski definition) is 2. The summed E-state index contributed by atoms with van der Waals surface area (Å²) in [5.74, 6) is 1.56. The highest BCUT2D eigenvalue weighted by molar-refractivity contribution is 5.46. The summed E-state index contributed by atoms with van der Waals surface area (Å²) < 4.78 is 10.8. The Morgan fingerprint density at radius 3 is 2.75 bits per heavy atom. The van der Waals surface area contributed by atoms with Crippen LogP contribution < -0.4 is 14.8 Å². The lowest BCUT2D eigenvalue weighted by molar-refractivity contribution is 0.0843. The number of aliphatic hydroxyl groups excluding tert-OH is 1. The van der Waals surface area contributed by atoms with E-state index in [9.17, 15) is 5.11 Å². The average molecular weight is 277 g/mol. The molecular formula is C16H23NO3. The Morgan fingerprint density at radius 1 is 1.20 bits per heavy atom. The molecule has 0 bridgehead atoms. The summed E-state index contributed by atoms with van der Waals surface area (Å²) in [6, 6.07) is 6.61. The normalized spacial score (nSPS) is 32.8. The van der Waals surface area contributed by atoms with Gasteiger partial charge in [-0.2, -0.15) is 0 Å². The summed E-state index contributed by atoms with van der Waals surface area (Å²) in [6.07, 6.45) is 3.71. The van der Waals surface area contributed by atoms with Crippen LogP contribution in [0, 0.1) is 0 Å². The molecule has 2 fully saturated rings. The molecular weight excluding hydrogens is 254 g/mol. The topological polar surface area (TPSA) is 50.7 Å². The van der Waals surface area contributed by atoms with Crippen molar-refractivity contribution in [3.8, 4) is 11.5 Å². The molecule has 0 amide bonds. The first-order valence-corrected chi connectivity index (χ1v) is 7.33. The third-order valence-electron chi connectivity index (χ3n) is 5.02. The maximum Gasteiger partial charge on any atom is 0.161 e. The predicted octanol–water partition coefficient (Wildman–Crippen LogP) is 1.85. The van der Waals surface area contributed by atoms with Crippen molar-refractivity contribution < 1.29 is 14.6 Å². The van der Waals surface area contributed by atoms with Gasteiger partial charge in [-0.05, 0) is 49.9 Å². The van der Waals surface area contributed by atoms with E-state index in [2.05, 4.69) is 17.4 Å². The van der Waals surface area contributed by atoms with Crippen LogP contribution in [0.2, 0.25) is 0 Å². The van der Waals surface area contributed by atoms with Gasteiger partial charge in [0, 0.05) is 11.5 Å². The molecule has 3 atom stereocenters. The Bertz CT molecular complexity index is 491. The third kappa shape index (κ3) is 2.07. The molecule has 0 radical (unpaired) electrons. The summed E-state index contributed by atoms with van der Waals surface area (Å²) in [5.41, 5.74) is 1.44. The van der Waals surface area contributed by atoms with Crippen molar-refractivity contribution >= 4 is 0 Å². The zero-order chi connectivity index (χ0) is 14.2. The van der Waals surface area contributed by atoms with Crippen molar-refractivity contribution in [2.75, 3.05) is 20.8 Å². The van der Waals surface area contributed by atoms with Gasteiger partial charge in [-0.15, -0.1) is 0 Å². The lowest BCUT2D eigenvalue weighted by Gasteiger charge is -2.41. The molecule has 1 heterocycles. The number of benzene rings is 1. The summed E-state index contributed by atoms with van der Waals surface area (Å²) in [4.78, 5) is 0. The molecule has 1 aromatic rings. The van der Waals surface area contributed by atoms with Gasteiger partial charge in [-0.3, -0.25) is 0 Å². The van der Waals surface area contributed by atoms with E-state index in [-0.39, 0.29) is 11.5 Å². The molecule has 4 heteroatoms. The minimum atomic E-state index is -0.168. The van der Waals surface area contributed by atoms with Crippen molar-refractivity contribution in [2.45, 2.75) is 43.2 Å². The van der Waals surface area contributed by atoms with E-state index in [0.717, 1.165) is 43.7 Å². The molecule has 1 aromatic carbocycles. The van der Waals surface area contributed by atoms with E-state index in [0.29, 0.717) is 6.04 Å². The second-order valence-electron chi connectivity index (χ2n) is 5.91. The maximum atomic E-state index is 9.92. The Kier molecular flexibility index (Phi) is 3.61. The van der Waals surface area contributed by atoms with Crippen LogP contribution in [0.4, 0.5) is 0 Å². The number of nitrogens with one attached hydrogen (secondary N) is 1. The number of hydrogen-bond acceptors (Lipinski definition) is 4. The minimum Gasteiger partial charge on any atom is -0.493 e. The van der Waals surface area contributed by atoms with E-state index in [1.165, 1.54) is 5.56 Å². The van der Waals surface area contributed by atoms with Crippen molar-refractivity contribution in [1.82, 2.24) is 5.32 Å². The van der Waals surface area contributed by atoms with Crippen LogP contribution in [0.3, 0.4) is 0 Å². The molecule has 0 spiro atoms. The molecule has 3 rings (SSSR count). The molecule has 2 aliphatic rings. The fraction of sp³-hybridized carbons (Fsp3) is 0.625. The Labute approximate surface area is 120 Å². The number of ether oxygens (including phenoxy) is 2. The average Bonchev–Trinajstić information content (AvgIpc) is 2.90. The largest absolute Gasteiger partial charge is 0.493 e. The van der Waals surface area contributed by atoms with Crippen molar-refractivity contribution in [2.24, 2.45) is 0 Å². The molecule has 3 unspecified atom stereocenters. The fourth-order valence-corrected chi connectivity index (χ4v) is 3.90. The number of aliphatic hydroxyl groups is 1. The van der Waals surface area contributed by atoms with Crippen molar-refractivity contribution in [1.29, 1.82) is 0 Å². The summed E-state index contributed by atoms with van der Waals surface area (Å²) >= 11 is 0. The first-order chi connectivity index (χ1) is 9.69. The Hall–Kier alpha value is -1.26. The number of methoxy groups -OCH3 is 2. The van der Waals surface area contributed by atoms with Crippen LogP contribution in [-0.2, 0) is 5.41 Å². The molecule has 2 N–H and O–H groups in total. The van der Waals surface area contributed by atoms with Gasteiger partial charge in [0.2, 0.25) is 0 Å². The standard InChI is InChI=1S/C16H23NO3/c1-19-13-4-3-11(9-14(13)20-2)16-6-5-12(18)10-15(16)17-8-7-16/h3-4,9,12,15,17-18H,5-8,10H2,1-2H3. The zero-order valence-electron chi connectivity index (χ0n) is 12.2. The number of fused-ring (bicyclic) bond motifs is 1. The second kappa shape index (κ2) is 5.26. The quantitative estimate of drug-likeness (QED) is 0.885. The summed E-state index contributed by atoms with van der Waals surface area (Å²) in [5, 5.41) is 13.5. The first kappa shape index (κ1) is 13.7. The Morgan fingerprint density at radius 2 is 2.00 bits per heavy atom. The lowest BCUT2D eigenvalue weighted by Crippen LogP contribution is -2.46. The molecule has 4 nitrogen and oxygen atoms in total. The monoisotopic (exact) mass is 277 g/mol. The van der Waals surface area contributed by atoms with Gasteiger partial charge >= 0.3 is 0 Å². The van der Waals surface area contributed by atoms with Gasteiger partial charge in [-0.1, -0.05) is 6.07 Å². The first-order valence-electron chi connectivity index (χ1n) is 7.33. The predicted molar refractivity (Wildman–Crippen MR) is 77.5 cm³/mol. The molecule has 1 saturated heterocycles. The highest BCUT2D eigenvalue weighted by atomic mass is 16.5. The zero-order valence-corrected chi connectivity index (χ0v) is 12.2. The van der Waals surface area contributed by atoms with Crippen LogP contribution in [0.25, 0.3) is 0 Å². The van der Waals surface area contributed by atoms with Crippen LogP contribution in [-0.4, -0.2) is 38.0 Å². The van der Waals surface area contributed by atoms with Gasteiger partial charge < -0.3 is 19.9 Å². The third-order valence-corrected chi connectivity index (χ3v) is 5.02. The smallest absolute Gasteiger partial charge is 0.161 e. The lowest BCUT2D eigenvalue weighted by atomic mass is 9.65. The summed E-state index contributed by atoms with van der Waals surface area (Å²) in [6.45, 7) is 1.02. The van der Waals surface area contributed by atoms with E-state index >= 15 is 0 Å². The molecule has 1 aliphatic heterocycles. The van der Waals surface area contributed by atoms with E-state index in [1.807, 2.05) is 6.07 Å². The van der Waals surface area contributed by atoms with Crippen LogP contribution in [0.5, 0.6) is 11.5 Å². The Balaban J connectivity index is 1.98. The number of rotatable bonds is 3. The van der Waals surface area contributed by atoms with Gasteiger partial charge in [0.25, 0.3) is 0 Å². The molecule has 110 valence electrons. The highest BCUT2D eigenvalue weighted by Gasteiger charge is 2.47. The van der Waals surface area contributed by atoms with Crippen molar-refractivity contribution in [3.63, 3.8) is 0 Å². The second-order valence-corrected chi connectivity index (χ2v) is 5.91. The van der Waals surface area contributed by atoms with Crippen LogP contribution >= 0.6 is 0 Å². The van der Waals surface area contributed by atoms with Gasteiger partial charge in [0.05, 0.1) is 20.3 Å². The molecule has 0 aromatic heterocycles. The van der Waals surface area contributed by atoms with Crippen LogP contribution in [0.1, 0.15) is 31.2 Å². The van der Waals surface area contributed by atoms with E-state index < -0.39 is 0 Å². The van der Waals surface area contributed by atoms with Gasteiger partial charge in [0.15, 0.2) is 11.5 Å².